The molecule has 0 aliphatic heterocycles. The maximum absolute atomic E-state index is 11.9. The molecule has 1 aromatic carbocycles. The second kappa shape index (κ2) is 7.54. The fraction of sp³-hybridized carbons (Fsp3) is 0.353. The van der Waals surface area contributed by atoms with Crippen LogP contribution in [0.5, 0.6) is 0 Å². The third-order valence-corrected chi connectivity index (χ3v) is 3.43. The quantitative estimate of drug-likeness (QED) is 0.498. The van der Waals surface area contributed by atoms with Crippen LogP contribution in [0.2, 0.25) is 0 Å². The highest BCUT2D eigenvalue weighted by Gasteiger charge is 2.16. The van der Waals surface area contributed by atoms with Gasteiger partial charge in [0, 0.05) is 18.2 Å². The lowest BCUT2D eigenvalue weighted by atomic mass is 10.1. The molecule has 5 nitrogen and oxygen atoms in total. The van der Waals surface area contributed by atoms with Crippen LogP contribution >= 0.6 is 0 Å². The summed E-state index contributed by atoms with van der Waals surface area (Å²) in [7, 11) is 0. The molecule has 0 aromatic heterocycles. The van der Waals surface area contributed by atoms with E-state index in [0.29, 0.717) is 17.7 Å². The fourth-order valence-corrected chi connectivity index (χ4v) is 2.31. The van der Waals surface area contributed by atoms with Crippen LogP contribution in [0.4, 0.5) is 5.69 Å². The molecule has 116 valence electrons. The van der Waals surface area contributed by atoms with Gasteiger partial charge < -0.3 is 10.1 Å². The molecule has 0 heterocycles. The Kier molecular flexibility index (Phi) is 5.47. The fourth-order valence-electron chi connectivity index (χ4n) is 2.31. The van der Waals surface area contributed by atoms with Gasteiger partial charge in [0.15, 0.2) is 12.4 Å². The number of esters is 1. The Morgan fingerprint density at radius 2 is 1.95 bits per heavy atom. The van der Waals surface area contributed by atoms with Gasteiger partial charge in [0.2, 0.25) is 5.91 Å². The van der Waals surface area contributed by atoms with Crippen molar-refractivity contribution in [1.82, 2.24) is 0 Å². The number of allylic oxidation sites excluding steroid dienone is 2. The molecular formula is C17H19NO4. The van der Waals surface area contributed by atoms with Crippen LogP contribution < -0.4 is 5.32 Å². The van der Waals surface area contributed by atoms with E-state index in [2.05, 4.69) is 11.4 Å². The summed E-state index contributed by atoms with van der Waals surface area (Å²) in [6.45, 7) is 1.16. The van der Waals surface area contributed by atoms with Gasteiger partial charge in [-0.25, -0.2) is 0 Å². The first kappa shape index (κ1) is 15.9. The Balaban J connectivity index is 1.80. The van der Waals surface area contributed by atoms with E-state index in [9.17, 15) is 14.4 Å². The van der Waals surface area contributed by atoms with Gasteiger partial charge in [0.1, 0.15) is 0 Å². The van der Waals surface area contributed by atoms with Crippen molar-refractivity contribution in [3.8, 4) is 0 Å². The van der Waals surface area contributed by atoms with Gasteiger partial charge >= 0.3 is 5.97 Å². The number of Topliss-reactive ketones (excluding diaryl/α,β-unsaturated/α-hetero) is 1. The summed E-state index contributed by atoms with van der Waals surface area (Å²) in [6, 6.07) is 6.47. The molecule has 0 spiro atoms. The van der Waals surface area contributed by atoms with Crippen LogP contribution in [0.25, 0.3) is 0 Å². The second-order valence-corrected chi connectivity index (χ2v) is 5.31. The molecule has 1 amide bonds. The summed E-state index contributed by atoms with van der Waals surface area (Å²) in [5, 5.41) is 2.62. The lowest BCUT2D eigenvalue weighted by Gasteiger charge is -2.08. The van der Waals surface area contributed by atoms with Crippen LogP contribution in [0.15, 0.2) is 36.4 Å². The highest BCUT2D eigenvalue weighted by molar-refractivity contribution is 5.98. The van der Waals surface area contributed by atoms with E-state index >= 15 is 0 Å². The van der Waals surface area contributed by atoms with Crippen molar-refractivity contribution >= 4 is 23.3 Å². The number of amides is 1. The van der Waals surface area contributed by atoms with Crippen LogP contribution in [0.1, 0.15) is 36.5 Å². The van der Waals surface area contributed by atoms with Crippen LogP contribution in [-0.2, 0) is 14.3 Å². The molecule has 5 heteroatoms. The van der Waals surface area contributed by atoms with Gasteiger partial charge in [-0.3, -0.25) is 14.4 Å². The maximum atomic E-state index is 11.9. The minimum atomic E-state index is -0.347. The number of anilines is 1. The third kappa shape index (κ3) is 4.84. The lowest BCUT2D eigenvalue weighted by Crippen LogP contribution is -2.16. The monoisotopic (exact) mass is 301 g/mol. The first-order valence-corrected chi connectivity index (χ1v) is 7.28. The van der Waals surface area contributed by atoms with Crippen molar-refractivity contribution in [2.24, 2.45) is 5.92 Å². The number of rotatable bonds is 6. The number of hydrogen-bond donors (Lipinski definition) is 1. The zero-order chi connectivity index (χ0) is 15.9. The zero-order valence-corrected chi connectivity index (χ0v) is 12.5. The molecule has 0 radical (unpaired) electrons. The standard InChI is InChI=1S/C17H19NO4/c1-12(19)18-15-8-6-14(7-9-15)16(20)11-22-17(21)10-13-4-2-3-5-13/h2,4,6-9,13H,3,5,10-11H2,1H3,(H,18,19)/t13-/m1/s1. The van der Waals surface area contributed by atoms with Crippen LogP contribution in [-0.4, -0.2) is 24.3 Å². The Bertz CT molecular complexity index is 589. The first-order chi connectivity index (χ1) is 10.5. The van der Waals surface area contributed by atoms with Gasteiger partial charge in [0.05, 0.1) is 6.42 Å². The van der Waals surface area contributed by atoms with E-state index in [1.54, 1.807) is 24.3 Å². The molecule has 0 saturated heterocycles. The highest BCUT2D eigenvalue weighted by Crippen LogP contribution is 2.20. The van der Waals surface area contributed by atoms with E-state index in [0.717, 1.165) is 12.8 Å². The summed E-state index contributed by atoms with van der Waals surface area (Å²) in [5.74, 6) is -0.544. The number of carbonyl (C=O) groups is 3. The summed E-state index contributed by atoms with van der Waals surface area (Å²) in [6.07, 6.45) is 6.36. The predicted octanol–water partition coefficient (Wildman–Crippen LogP) is 2.73. The van der Waals surface area contributed by atoms with Gasteiger partial charge in [-0.05, 0) is 43.0 Å². The smallest absolute Gasteiger partial charge is 0.306 e. The number of ether oxygens (including phenoxy) is 1. The normalized spacial score (nSPS) is 16.3. The second-order valence-electron chi connectivity index (χ2n) is 5.31. The minimum Gasteiger partial charge on any atom is -0.457 e. The SMILES string of the molecule is CC(=O)Nc1ccc(C(=O)COC(=O)C[C@@H]2C=CCC2)cc1. The molecule has 1 aliphatic rings. The minimum absolute atomic E-state index is 0.172. The van der Waals surface area contributed by atoms with Crippen molar-refractivity contribution in [2.45, 2.75) is 26.2 Å². The molecular weight excluding hydrogens is 282 g/mol. The average molecular weight is 301 g/mol. The summed E-state index contributed by atoms with van der Waals surface area (Å²) >= 11 is 0. The van der Waals surface area contributed by atoms with E-state index in [1.165, 1.54) is 6.92 Å². The number of ketones is 1. The van der Waals surface area contributed by atoms with Crippen molar-refractivity contribution < 1.29 is 19.1 Å². The number of nitrogens with one attached hydrogen (secondary N) is 1. The molecule has 0 saturated carbocycles. The van der Waals surface area contributed by atoms with Crippen molar-refractivity contribution in [1.29, 1.82) is 0 Å². The van der Waals surface area contributed by atoms with E-state index in [1.807, 2.05) is 6.08 Å². The van der Waals surface area contributed by atoms with Crippen LogP contribution in [0, 0.1) is 5.92 Å². The molecule has 1 N–H and O–H groups in total. The Labute approximate surface area is 129 Å². The Hall–Kier alpha value is -2.43. The van der Waals surface area contributed by atoms with Crippen LogP contribution in [0.3, 0.4) is 0 Å². The average Bonchev–Trinajstić information content (AvgIpc) is 2.98. The Morgan fingerprint density at radius 3 is 2.55 bits per heavy atom. The van der Waals surface area contributed by atoms with Crippen molar-refractivity contribution in [2.75, 3.05) is 11.9 Å². The van der Waals surface area contributed by atoms with Gasteiger partial charge in [-0.15, -0.1) is 0 Å². The highest BCUT2D eigenvalue weighted by atomic mass is 16.5. The molecule has 22 heavy (non-hydrogen) atoms. The number of carbonyl (C=O) groups excluding carboxylic acids is 3. The molecule has 0 fully saturated rings. The summed E-state index contributed by atoms with van der Waals surface area (Å²) in [5.41, 5.74) is 1.07. The maximum Gasteiger partial charge on any atom is 0.306 e. The Morgan fingerprint density at radius 1 is 1.23 bits per heavy atom. The van der Waals surface area contributed by atoms with E-state index < -0.39 is 0 Å². The van der Waals surface area contributed by atoms with Crippen molar-refractivity contribution in [3.63, 3.8) is 0 Å². The first-order valence-electron chi connectivity index (χ1n) is 7.28. The summed E-state index contributed by atoms with van der Waals surface area (Å²) < 4.78 is 5.02. The number of benzene rings is 1. The number of hydrogen-bond acceptors (Lipinski definition) is 4. The van der Waals surface area contributed by atoms with E-state index in [4.69, 9.17) is 4.74 Å². The topological polar surface area (TPSA) is 72.5 Å². The van der Waals surface area contributed by atoms with Crippen molar-refractivity contribution in [3.05, 3.63) is 42.0 Å². The molecule has 1 atom stereocenters. The van der Waals surface area contributed by atoms with Gasteiger partial charge in [-0.1, -0.05) is 12.2 Å². The zero-order valence-electron chi connectivity index (χ0n) is 12.5. The van der Waals surface area contributed by atoms with Gasteiger partial charge in [0.25, 0.3) is 0 Å². The third-order valence-electron chi connectivity index (χ3n) is 3.43. The molecule has 2 rings (SSSR count). The molecule has 1 aromatic rings. The lowest BCUT2D eigenvalue weighted by molar-refractivity contribution is -0.143. The predicted molar refractivity (Wildman–Crippen MR) is 82.5 cm³/mol. The van der Waals surface area contributed by atoms with E-state index in [-0.39, 0.29) is 30.2 Å². The summed E-state index contributed by atoms with van der Waals surface area (Å²) in [4.78, 5) is 34.5. The van der Waals surface area contributed by atoms with Gasteiger partial charge in [-0.2, -0.15) is 0 Å². The molecule has 0 bridgehead atoms. The molecule has 0 unspecified atom stereocenters. The molecule has 1 aliphatic carbocycles. The largest absolute Gasteiger partial charge is 0.457 e.